The first kappa shape index (κ1) is 25.1. The first-order valence-corrected chi connectivity index (χ1v) is 14.6. The molecule has 0 spiro atoms. The number of nitrogens with zero attached hydrogens (tertiary/aromatic N) is 3. The van der Waals surface area contributed by atoms with Gasteiger partial charge in [-0.3, -0.25) is 9.59 Å². The van der Waals surface area contributed by atoms with Gasteiger partial charge in [-0.25, -0.2) is 0 Å². The van der Waals surface area contributed by atoms with E-state index in [1.165, 1.54) is 0 Å². The summed E-state index contributed by atoms with van der Waals surface area (Å²) in [7, 11) is 1.90. The fraction of sp³-hybridized carbons (Fsp3) is 0.257. The molecule has 1 saturated heterocycles. The van der Waals surface area contributed by atoms with Gasteiger partial charge in [-0.2, -0.15) is 0 Å². The Balaban J connectivity index is 1.49. The van der Waals surface area contributed by atoms with Crippen LogP contribution in [-0.4, -0.2) is 38.9 Å². The number of carbonyl (C=O) groups is 2. The molecule has 7 nitrogen and oxygen atoms in total. The number of fused-ring (bicyclic) bond motifs is 10. The molecule has 8 rings (SSSR count). The van der Waals surface area contributed by atoms with Crippen LogP contribution in [0.15, 0.2) is 67.3 Å². The quantitative estimate of drug-likeness (QED) is 0.265. The normalized spacial score (nSPS) is 22.7. The average Bonchev–Trinajstić information content (AvgIpc) is 3.64. The molecule has 1 fully saturated rings. The van der Waals surface area contributed by atoms with Crippen LogP contribution < -0.4 is 5.32 Å². The van der Waals surface area contributed by atoms with Gasteiger partial charge >= 0.3 is 0 Å². The Morgan fingerprint density at radius 3 is 2.64 bits per heavy atom. The second-order valence-electron chi connectivity index (χ2n) is 11.8. The van der Waals surface area contributed by atoms with E-state index in [0.29, 0.717) is 24.9 Å². The number of rotatable bonds is 4. The Morgan fingerprint density at radius 2 is 1.88 bits per heavy atom. The molecule has 0 radical (unpaired) electrons. The van der Waals surface area contributed by atoms with Crippen LogP contribution in [0.2, 0.25) is 0 Å². The largest absolute Gasteiger partial charge is 0.348 e. The van der Waals surface area contributed by atoms with Crippen LogP contribution in [0.4, 0.5) is 0 Å². The van der Waals surface area contributed by atoms with Crippen LogP contribution in [0.5, 0.6) is 0 Å². The van der Waals surface area contributed by atoms with E-state index in [0.717, 1.165) is 55.1 Å². The summed E-state index contributed by atoms with van der Waals surface area (Å²) in [5.41, 5.74) is 6.74. The molecule has 0 saturated carbocycles. The monoisotopic (exact) mass is 556 g/mol. The third-order valence-corrected chi connectivity index (χ3v) is 9.54. The van der Waals surface area contributed by atoms with Crippen molar-refractivity contribution in [2.75, 3.05) is 7.05 Å². The predicted molar refractivity (Wildman–Crippen MR) is 166 cm³/mol. The molecule has 42 heavy (non-hydrogen) atoms. The van der Waals surface area contributed by atoms with Gasteiger partial charge in [0.15, 0.2) is 0 Å². The zero-order chi connectivity index (χ0) is 28.9. The number of hydrogen-bond acceptors (Lipinski definition) is 3. The lowest BCUT2D eigenvalue weighted by Crippen LogP contribution is -2.50. The van der Waals surface area contributed by atoms with Gasteiger partial charge in [-0.05, 0) is 43.7 Å². The average molecular weight is 557 g/mol. The van der Waals surface area contributed by atoms with Crippen LogP contribution in [0.3, 0.4) is 0 Å². The van der Waals surface area contributed by atoms with Crippen molar-refractivity contribution in [2.24, 2.45) is 0 Å². The summed E-state index contributed by atoms with van der Waals surface area (Å²) in [5.74, 6) is -0.0470. The molecule has 5 aromatic rings. The molecule has 3 aromatic carbocycles. The zero-order valence-corrected chi connectivity index (χ0v) is 24.0. The maximum Gasteiger partial charge on any atom is 0.253 e. The summed E-state index contributed by atoms with van der Waals surface area (Å²) in [5, 5.41) is 6.19. The highest BCUT2D eigenvalue weighted by molar-refractivity contribution is 6.28. The van der Waals surface area contributed by atoms with Crippen LogP contribution in [0, 0.1) is 0 Å². The van der Waals surface area contributed by atoms with Crippen molar-refractivity contribution in [2.45, 2.75) is 51.2 Å². The molecule has 1 N–H and O–H groups in total. The van der Waals surface area contributed by atoms with E-state index in [4.69, 9.17) is 4.74 Å². The Hall–Kier alpha value is -4.62. The van der Waals surface area contributed by atoms with E-state index >= 15 is 0 Å². The Morgan fingerprint density at radius 1 is 1.12 bits per heavy atom. The number of nitrogens with one attached hydrogen (secondary N) is 1. The number of aromatic nitrogens is 2. The fourth-order valence-corrected chi connectivity index (χ4v) is 7.86. The van der Waals surface area contributed by atoms with Gasteiger partial charge in [0.2, 0.25) is 0 Å². The number of ether oxygens (including phenoxy) is 1. The first-order chi connectivity index (χ1) is 20.4. The van der Waals surface area contributed by atoms with Gasteiger partial charge in [0.1, 0.15) is 12.0 Å². The number of carbonyl (C=O) groups excluding carboxylic acids is 2. The molecule has 3 aliphatic heterocycles. The van der Waals surface area contributed by atoms with Gasteiger partial charge in [0.05, 0.1) is 27.8 Å². The van der Waals surface area contributed by atoms with Gasteiger partial charge < -0.3 is 24.1 Å². The predicted octanol–water partition coefficient (Wildman–Crippen LogP) is 6.80. The molecular formula is C35H32N4O3. The molecule has 0 aliphatic carbocycles. The van der Waals surface area contributed by atoms with Crippen molar-refractivity contribution in [1.82, 2.24) is 19.4 Å². The van der Waals surface area contributed by atoms with Crippen LogP contribution in [0.1, 0.15) is 70.5 Å². The van der Waals surface area contributed by atoms with E-state index in [2.05, 4.69) is 46.2 Å². The van der Waals surface area contributed by atoms with E-state index in [-0.39, 0.29) is 24.1 Å². The second-order valence-corrected chi connectivity index (χ2v) is 11.8. The minimum atomic E-state index is -0.780. The minimum Gasteiger partial charge on any atom is -0.348 e. The molecule has 5 heterocycles. The summed E-state index contributed by atoms with van der Waals surface area (Å²) in [6.07, 6.45) is 6.94. The van der Waals surface area contributed by atoms with Crippen LogP contribution in [-0.2, 0) is 17.0 Å². The SMILES string of the molecule is C=Cc1c(/C=C\C)c2c3c(c4c5ccccc5n5c4c2n1[C@]1(C)C[C@H](N(C)C(=O)c2ccccc2)C[C@H]5O1)C(=O)NC3. The van der Waals surface area contributed by atoms with Crippen molar-refractivity contribution >= 4 is 56.7 Å². The summed E-state index contributed by atoms with van der Waals surface area (Å²) in [6.45, 7) is 8.88. The van der Waals surface area contributed by atoms with Crippen molar-refractivity contribution in [3.05, 3.63) is 95.2 Å². The Kier molecular flexibility index (Phi) is 5.20. The zero-order valence-electron chi connectivity index (χ0n) is 24.0. The van der Waals surface area contributed by atoms with Gasteiger partial charge in [0.25, 0.3) is 11.8 Å². The third kappa shape index (κ3) is 3.09. The highest BCUT2D eigenvalue weighted by atomic mass is 16.5. The van der Waals surface area contributed by atoms with E-state index in [1.807, 2.05) is 73.5 Å². The maximum absolute atomic E-state index is 13.7. The molecule has 2 aromatic heterocycles. The number of hydrogen-bond donors (Lipinski definition) is 1. The molecule has 210 valence electrons. The number of amides is 2. The second kappa shape index (κ2) is 8.69. The molecule has 0 unspecified atom stereocenters. The smallest absolute Gasteiger partial charge is 0.253 e. The summed E-state index contributed by atoms with van der Waals surface area (Å²) < 4.78 is 11.7. The molecular weight excluding hydrogens is 524 g/mol. The number of benzene rings is 3. The number of allylic oxidation sites excluding steroid dienone is 1. The van der Waals surface area contributed by atoms with E-state index in [1.54, 1.807) is 0 Å². The van der Waals surface area contributed by atoms with Crippen LogP contribution >= 0.6 is 0 Å². The molecule has 3 aliphatic rings. The van der Waals surface area contributed by atoms with Gasteiger partial charge in [-0.15, -0.1) is 0 Å². The summed E-state index contributed by atoms with van der Waals surface area (Å²) in [6, 6.07) is 17.7. The molecule has 7 heteroatoms. The lowest BCUT2D eigenvalue weighted by Gasteiger charge is -2.46. The lowest BCUT2D eigenvalue weighted by molar-refractivity contribution is -0.203. The topological polar surface area (TPSA) is 68.5 Å². The molecule has 2 amide bonds. The van der Waals surface area contributed by atoms with E-state index < -0.39 is 5.72 Å². The van der Waals surface area contributed by atoms with Crippen molar-refractivity contribution in [3.63, 3.8) is 0 Å². The summed E-state index contributed by atoms with van der Waals surface area (Å²) in [4.78, 5) is 29.1. The van der Waals surface area contributed by atoms with Crippen molar-refractivity contribution < 1.29 is 14.3 Å². The summed E-state index contributed by atoms with van der Waals surface area (Å²) >= 11 is 0. The molecule has 3 atom stereocenters. The first-order valence-electron chi connectivity index (χ1n) is 14.6. The molecule has 2 bridgehead atoms. The van der Waals surface area contributed by atoms with Gasteiger partial charge in [0, 0.05) is 59.8 Å². The standard InChI is InChI=1S/C35H32N4O3/c1-5-12-22-25(6-2)39-32-28(22)24-19-36-33(40)30(24)29-23-15-10-11-16-26(23)38(31(29)32)27-17-21(18-35(39,3)42-27)37(4)34(41)20-13-8-7-9-14-20/h5-16,21,27H,2,17-19H2,1,3-4H3,(H,36,40)/b12-5-/t21-,27-,35+/m1/s1. The highest BCUT2D eigenvalue weighted by Gasteiger charge is 2.48. The lowest BCUT2D eigenvalue weighted by atomic mass is 9.95. The van der Waals surface area contributed by atoms with Gasteiger partial charge in [-0.1, -0.05) is 55.1 Å². The van der Waals surface area contributed by atoms with Crippen molar-refractivity contribution in [1.29, 1.82) is 0 Å². The Labute approximate surface area is 243 Å². The van der Waals surface area contributed by atoms with Crippen molar-refractivity contribution in [3.8, 4) is 0 Å². The third-order valence-electron chi connectivity index (χ3n) is 9.54. The highest BCUT2D eigenvalue weighted by Crippen LogP contribution is 2.53. The van der Waals surface area contributed by atoms with Crippen LogP contribution in [0.25, 0.3) is 44.9 Å². The minimum absolute atomic E-state index is 0.00489. The van der Waals surface area contributed by atoms with E-state index in [9.17, 15) is 9.59 Å². The Bertz CT molecular complexity index is 2030. The maximum atomic E-state index is 13.7. The number of para-hydroxylation sites is 1. The fourth-order valence-electron chi connectivity index (χ4n) is 7.86.